The Morgan fingerprint density at radius 2 is 2.16 bits per heavy atom. The lowest BCUT2D eigenvalue weighted by molar-refractivity contribution is -0.122. The average Bonchev–Trinajstić information content (AvgIpc) is 2.90. The van der Waals surface area contributed by atoms with Crippen molar-refractivity contribution in [1.82, 2.24) is 9.88 Å². The summed E-state index contributed by atoms with van der Waals surface area (Å²) in [4.78, 5) is 20.3. The zero-order chi connectivity index (χ0) is 17.4. The Hall–Kier alpha value is -1.14. The van der Waals surface area contributed by atoms with Gasteiger partial charge < -0.3 is 5.32 Å². The van der Waals surface area contributed by atoms with Gasteiger partial charge in [0.15, 0.2) is 5.13 Å². The molecule has 0 bridgehead atoms. The van der Waals surface area contributed by atoms with Crippen molar-refractivity contribution in [2.24, 2.45) is 5.92 Å². The number of hydrogen-bond donors (Lipinski definition) is 1. The number of nitrogens with zero attached hydrogens (tertiary/aromatic N) is 2. The van der Waals surface area contributed by atoms with E-state index in [0.29, 0.717) is 10.0 Å². The minimum Gasteiger partial charge on any atom is -0.302 e. The van der Waals surface area contributed by atoms with Crippen molar-refractivity contribution in [3.05, 3.63) is 44.4 Å². The molecule has 2 aliphatic rings. The molecule has 25 heavy (non-hydrogen) atoms. The maximum absolute atomic E-state index is 12.1. The molecular formula is C18H19Cl2N3OS. The molecule has 2 heterocycles. The largest absolute Gasteiger partial charge is 0.302 e. The van der Waals surface area contributed by atoms with Gasteiger partial charge in [-0.25, -0.2) is 4.98 Å². The van der Waals surface area contributed by atoms with Crippen LogP contribution in [0.3, 0.4) is 0 Å². The minimum absolute atomic E-state index is 0.130. The molecule has 132 valence electrons. The number of fused-ring (bicyclic) bond motifs is 1. The molecule has 2 aromatic rings. The Balaban J connectivity index is 1.40. The monoisotopic (exact) mass is 395 g/mol. The van der Waals surface area contributed by atoms with Crippen LogP contribution < -0.4 is 5.32 Å². The average molecular weight is 396 g/mol. The van der Waals surface area contributed by atoms with E-state index in [9.17, 15) is 4.79 Å². The number of anilines is 1. The number of amides is 1. The highest BCUT2D eigenvalue weighted by molar-refractivity contribution is 7.15. The third kappa shape index (κ3) is 3.85. The number of nitrogens with one attached hydrogen (secondary N) is 1. The number of rotatable bonds is 4. The number of thiazole rings is 1. The molecule has 0 unspecified atom stereocenters. The summed E-state index contributed by atoms with van der Waals surface area (Å²) in [5, 5.41) is 4.92. The van der Waals surface area contributed by atoms with E-state index in [1.165, 1.54) is 4.88 Å². The van der Waals surface area contributed by atoms with Gasteiger partial charge in [0.25, 0.3) is 0 Å². The Morgan fingerprint density at radius 3 is 2.88 bits per heavy atom. The fraction of sp³-hybridized carbons (Fsp3) is 0.444. The molecule has 1 fully saturated rings. The first-order valence-electron chi connectivity index (χ1n) is 8.54. The van der Waals surface area contributed by atoms with Crippen molar-refractivity contribution in [2.45, 2.75) is 38.8 Å². The fourth-order valence-corrected chi connectivity index (χ4v) is 4.59. The summed E-state index contributed by atoms with van der Waals surface area (Å²) in [6.45, 7) is 2.64. The molecule has 0 spiro atoms. The van der Waals surface area contributed by atoms with E-state index >= 15 is 0 Å². The van der Waals surface area contributed by atoms with Gasteiger partial charge in [-0.3, -0.25) is 9.69 Å². The molecule has 1 aliphatic carbocycles. The standard InChI is InChI=1S/C18H19Cl2N3OS/c19-13-5-4-11(8-14(13)20)9-23-7-6-15-16(10-23)25-18(21-15)22-17(24)12-2-1-3-12/h4-5,8,12H,1-3,6-7,9-10H2,(H,21,22,24). The van der Waals surface area contributed by atoms with Crippen LogP contribution in [0.25, 0.3) is 0 Å². The van der Waals surface area contributed by atoms with Gasteiger partial charge in [-0.2, -0.15) is 0 Å². The maximum atomic E-state index is 12.1. The number of hydrogen-bond acceptors (Lipinski definition) is 4. The lowest BCUT2D eigenvalue weighted by Gasteiger charge is -2.25. The highest BCUT2D eigenvalue weighted by atomic mass is 35.5. The van der Waals surface area contributed by atoms with Crippen molar-refractivity contribution < 1.29 is 4.79 Å². The van der Waals surface area contributed by atoms with E-state index in [0.717, 1.165) is 61.7 Å². The summed E-state index contributed by atoms with van der Waals surface area (Å²) >= 11 is 13.7. The molecular weight excluding hydrogens is 377 g/mol. The summed E-state index contributed by atoms with van der Waals surface area (Å²) < 4.78 is 0. The van der Waals surface area contributed by atoms with Gasteiger partial charge in [-0.05, 0) is 30.5 Å². The number of carbonyl (C=O) groups is 1. The first-order valence-corrected chi connectivity index (χ1v) is 10.1. The van der Waals surface area contributed by atoms with Crippen LogP contribution in [0.4, 0.5) is 5.13 Å². The Morgan fingerprint density at radius 1 is 1.32 bits per heavy atom. The van der Waals surface area contributed by atoms with Crippen LogP contribution in [0.1, 0.15) is 35.4 Å². The highest BCUT2D eigenvalue weighted by Crippen LogP contribution is 2.32. The molecule has 0 saturated heterocycles. The third-order valence-electron chi connectivity index (χ3n) is 4.91. The first kappa shape index (κ1) is 17.3. The lowest BCUT2D eigenvalue weighted by atomic mass is 9.85. The van der Waals surface area contributed by atoms with Gasteiger partial charge in [0.1, 0.15) is 0 Å². The molecule has 0 atom stereocenters. The van der Waals surface area contributed by atoms with E-state index in [1.807, 2.05) is 18.2 Å². The van der Waals surface area contributed by atoms with Crippen LogP contribution in [0.5, 0.6) is 0 Å². The van der Waals surface area contributed by atoms with Crippen molar-refractivity contribution in [3.63, 3.8) is 0 Å². The van der Waals surface area contributed by atoms with Gasteiger partial charge >= 0.3 is 0 Å². The second-order valence-electron chi connectivity index (χ2n) is 6.72. The van der Waals surface area contributed by atoms with E-state index in [1.54, 1.807) is 11.3 Å². The molecule has 7 heteroatoms. The second-order valence-corrected chi connectivity index (χ2v) is 8.61. The zero-order valence-corrected chi connectivity index (χ0v) is 16.1. The Bertz CT molecular complexity index is 804. The van der Waals surface area contributed by atoms with Gasteiger partial charge in [-0.15, -0.1) is 11.3 Å². The molecule has 1 aliphatic heterocycles. The highest BCUT2D eigenvalue weighted by Gasteiger charge is 2.27. The SMILES string of the molecule is O=C(Nc1nc2c(s1)CN(Cc1ccc(Cl)c(Cl)c1)CC2)C1CCC1. The second kappa shape index (κ2) is 7.23. The number of benzene rings is 1. The first-order chi connectivity index (χ1) is 12.1. The summed E-state index contributed by atoms with van der Waals surface area (Å²) in [6, 6.07) is 5.78. The summed E-state index contributed by atoms with van der Waals surface area (Å²) in [5.41, 5.74) is 2.28. The van der Waals surface area contributed by atoms with E-state index in [-0.39, 0.29) is 11.8 Å². The summed E-state index contributed by atoms with van der Waals surface area (Å²) in [6.07, 6.45) is 4.09. The van der Waals surface area contributed by atoms with Gasteiger partial charge in [0.2, 0.25) is 5.91 Å². The molecule has 4 nitrogen and oxygen atoms in total. The predicted molar refractivity (Wildman–Crippen MR) is 102 cm³/mol. The van der Waals surface area contributed by atoms with Crippen LogP contribution in [0.2, 0.25) is 10.0 Å². The predicted octanol–water partition coefficient (Wildman–Crippen LogP) is 4.75. The molecule has 4 rings (SSSR count). The molecule has 1 amide bonds. The molecule has 1 saturated carbocycles. The normalized spacial score (nSPS) is 17.8. The molecule has 0 radical (unpaired) electrons. The fourth-order valence-electron chi connectivity index (χ4n) is 3.21. The summed E-state index contributed by atoms with van der Waals surface area (Å²) in [7, 11) is 0. The van der Waals surface area contributed by atoms with Gasteiger partial charge in [-0.1, -0.05) is 35.7 Å². The third-order valence-corrected chi connectivity index (χ3v) is 6.64. The van der Waals surface area contributed by atoms with Crippen LogP contribution >= 0.6 is 34.5 Å². The van der Waals surface area contributed by atoms with Crippen molar-refractivity contribution in [2.75, 3.05) is 11.9 Å². The Labute approximate surface area is 161 Å². The zero-order valence-electron chi connectivity index (χ0n) is 13.7. The number of carbonyl (C=O) groups excluding carboxylic acids is 1. The lowest BCUT2D eigenvalue weighted by Crippen LogP contribution is -2.29. The topological polar surface area (TPSA) is 45.2 Å². The van der Waals surface area contributed by atoms with Crippen LogP contribution in [-0.4, -0.2) is 22.3 Å². The molecule has 1 aromatic heterocycles. The quantitative estimate of drug-likeness (QED) is 0.812. The number of halogens is 2. The Kier molecular flexibility index (Phi) is 5.00. The van der Waals surface area contributed by atoms with Crippen LogP contribution in [0, 0.1) is 5.92 Å². The van der Waals surface area contributed by atoms with Crippen molar-refractivity contribution in [3.8, 4) is 0 Å². The minimum atomic E-state index is 0.130. The van der Waals surface area contributed by atoms with E-state index in [4.69, 9.17) is 23.2 Å². The van der Waals surface area contributed by atoms with Crippen LogP contribution in [-0.2, 0) is 24.3 Å². The molecule has 1 aromatic carbocycles. The van der Waals surface area contributed by atoms with Crippen LogP contribution in [0.15, 0.2) is 18.2 Å². The van der Waals surface area contributed by atoms with E-state index < -0.39 is 0 Å². The maximum Gasteiger partial charge on any atom is 0.229 e. The number of aromatic nitrogens is 1. The van der Waals surface area contributed by atoms with Crippen molar-refractivity contribution >= 4 is 45.6 Å². The van der Waals surface area contributed by atoms with E-state index in [2.05, 4.69) is 15.2 Å². The van der Waals surface area contributed by atoms with Crippen molar-refractivity contribution in [1.29, 1.82) is 0 Å². The van der Waals surface area contributed by atoms with Gasteiger partial charge in [0.05, 0.1) is 15.7 Å². The summed E-state index contributed by atoms with van der Waals surface area (Å²) in [5.74, 6) is 0.317. The molecule has 1 N–H and O–H groups in total. The smallest absolute Gasteiger partial charge is 0.229 e. The van der Waals surface area contributed by atoms with Gasteiger partial charge in [0, 0.05) is 36.9 Å².